The van der Waals surface area contributed by atoms with Crippen LogP contribution in [0, 0.1) is 0 Å². The zero-order valence-electron chi connectivity index (χ0n) is 14.9. The van der Waals surface area contributed by atoms with Gasteiger partial charge in [-0.15, -0.1) is 0 Å². The normalized spacial score (nSPS) is 11.0. The lowest BCUT2D eigenvalue weighted by molar-refractivity contribution is 0.475. The average molecular weight is 343 g/mol. The smallest absolute Gasteiger partial charge is 0.137 e. The van der Waals surface area contributed by atoms with E-state index in [1.54, 1.807) is 12.1 Å². The molecule has 0 bridgehead atoms. The fourth-order valence-electron chi connectivity index (χ4n) is 3.18. The largest absolute Gasteiger partial charge is 0.508 e. The number of nitrogens with zero attached hydrogens (tertiary/aromatic N) is 2. The van der Waals surface area contributed by atoms with E-state index in [-0.39, 0.29) is 5.75 Å². The molecule has 0 aliphatic rings. The highest BCUT2D eigenvalue weighted by atomic mass is 16.3. The van der Waals surface area contributed by atoms with Crippen LogP contribution in [-0.2, 0) is 6.42 Å². The molecular weight excluding hydrogens is 322 g/mol. The van der Waals surface area contributed by atoms with Gasteiger partial charge in [0.25, 0.3) is 0 Å². The topological polar surface area (TPSA) is 52.2 Å². The van der Waals surface area contributed by atoms with Crippen molar-refractivity contribution in [2.24, 2.45) is 0 Å². The van der Waals surface area contributed by atoms with Crippen molar-refractivity contribution in [3.8, 4) is 16.9 Å². The van der Waals surface area contributed by atoms with Crippen molar-refractivity contribution in [2.45, 2.75) is 6.42 Å². The molecule has 0 aliphatic heterocycles. The SMILES string of the molecule is CN(C)c1ccc(Cc2c[nH]c3ncc(-c4cccc(O)c4)cc23)cc1. The highest BCUT2D eigenvalue weighted by Crippen LogP contribution is 2.28. The Morgan fingerprint density at radius 2 is 1.81 bits per heavy atom. The van der Waals surface area contributed by atoms with Crippen molar-refractivity contribution in [1.82, 2.24) is 9.97 Å². The van der Waals surface area contributed by atoms with Gasteiger partial charge in [0.2, 0.25) is 0 Å². The molecule has 0 atom stereocenters. The number of benzene rings is 2. The molecule has 2 heterocycles. The second-order valence-corrected chi connectivity index (χ2v) is 6.72. The van der Waals surface area contributed by atoms with Crippen molar-refractivity contribution in [3.63, 3.8) is 0 Å². The maximum atomic E-state index is 9.73. The lowest BCUT2D eigenvalue weighted by Crippen LogP contribution is -2.08. The molecule has 0 fully saturated rings. The standard InChI is InChI=1S/C22H21N3O/c1-25(2)19-8-6-15(7-9-19)10-18-14-24-22-21(18)12-17(13-23-22)16-4-3-5-20(26)11-16/h3-9,11-14,26H,10H2,1-2H3,(H,23,24). The molecule has 0 amide bonds. The summed E-state index contributed by atoms with van der Waals surface area (Å²) in [5.41, 5.74) is 6.51. The number of phenolic OH excluding ortho intramolecular Hbond substituents is 1. The van der Waals surface area contributed by atoms with Gasteiger partial charge < -0.3 is 15.0 Å². The van der Waals surface area contributed by atoms with Crippen LogP contribution < -0.4 is 4.90 Å². The second-order valence-electron chi connectivity index (χ2n) is 6.72. The summed E-state index contributed by atoms with van der Waals surface area (Å²) in [5, 5.41) is 10.8. The van der Waals surface area contributed by atoms with E-state index in [2.05, 4.69) is 45.2 Å². The third kappa shape index (κ3) is 3.14. The first kappa shape index (κ1) is 16.2. The fraction of sp³-hybridized carbons (Fsp3) is 0.136. The highest BCUT2D eigenvalue weighted by Gasteiger charge is 2.09. The van der Waals surface area contributed by atoms with Gasteiger partial charge in [0.05, 0.1) is 0 Å². The summed E-state index contributed by atoms with van der Waals surface area (Å²) in [6.45, 7) is 0. The van der Waals surface area contributed by atoms with Crippen molar-refractivity contribution in [3.05, 3.63) is 78.1 Å². The number of pyridine rings is 1. The van der Waals surface area contributed by atoms with Crippen LogP contribution in [0.3, 0.4) is 0 Å². The third-order valence-electron chi connectivity index (χ3n) is 4.64. The second kappa shape index (κ2) is 6.56. The van der Waals surface area contributed by atoms with Crippen molar-refractivity contribution >= 4 is 16.7 Å². The van der Waals surface area contributed by atoms with Gasteiger partial charge in [-0.25, -0.2) is 4.98 Å². The van der Waals surface area contributed by atoms with E-state index in [0.29, 0.717) is 0 Å². The van der Waals surface area contributed by atoms with E-state index >= 15 is 0 Å². The van der Waals surface area contributed by atoms with Crippen molar-refractivity contribution in [1.29, 1.82) is 0 Å². The molecule has 4 aromatic rings. The summed E-state index contributed by atoms with van der Waals surface area (Å²) in [7, 11) is 4.09. The maximum absolute atomic E-state index is 9.73. The van der Waals surface area contributed by atoms with E-state index in [1.165, 1.54) is 16.8 Å². The number of anilines is 1. The number of hydrogen-bond acceptors (Lipinski definition) is 3. The minimum Gasteiger partial charge on any atom is -0.508 e. The first-order valence-corrected chi connectivity index (χ1v) is 8.62. The van der Waals surface area contributed by atoms with Crippen LogP contribution in [0.25, 0.3) is 22.2 Å². The first-order chi connectivity index (χ1) is 12.6. The van der Waals surface area contributed by atoms with Crippen LogP contribution in [0.4, 0.5) is 5.69 Å². The summed E-state index contributed by atoms with van der Waals surface area (Å²) in [5.74, 6) is 0.262. The molecule has 4 heteroatoms. The quantitative estimate of drug-likeness (QED) is 0.570. The number of aromatic hydroxyl groups is 1. The summed E-state index contributed by atoms with van der Waals surface area (Å²) < 4.78 is 0. The highest BCUT2D eigenvalue weighted by molar-refractivity contribution is 5.85. The predicted octanol–water partition coefficient (Wildman–Crippen LogP) is 4.59. The van der Waals surface area contributed by atoms with Gasteiger partial charge in [-0.2, -0.15) is 0 Å². The number of phenols is 1. The zero-order chi connectivity index (χ0) is 18.1. The Hall–Kier alpha value is -3.27. The van der Waals surface area contributed by atoms with Gasteiger partial charge in [0.15, 0.2) is 0 Å². The summed E-state index contributed by atoms with van der Waals surface area (Å²) >= 11 is 0. The summed E-state index contributed by atoms with van der Waals surface area (Å²) in [6, 6.07) is 18.0. The van der Waals surface area contributed by atoms with E-state index in [1.807, 2.05) is 38.6 Å². The van der Waals surface area contributed by atoms with Crippen LogP contribution in [0.1, 0.15) is 11.1 Å². The van der Waals surface area contributed by atoms with Gasteiger partial charge in [-0.1, -0.05) is 24.3 Å². The fourth-order valence-corrected chi connectivity index (χ4v) is 3.18. The van der Waals surface area contributed by atoms with Crippen LogP contribution in [-0.4, -0.2) is 29.2 Å². The molecule has 0 unspecified atom stereocenters. The molecule has 0 spiro atoms. The van der Waals surface area contributed by atoms with Crippen LogP contribution in [0.15, 0.2) is 67.0 Å². The van der Waals surface area contributed by atoms with Crippen LogP contribution >= 0.6 is 0 Å². The monoisotopic (exact) mass is 343 g/mol. The van der Waals surface area contributed by atoms with E-state index in [4.69, 9.17) is 0 Å². The molecule has 2 aromatic carbocycles. The number of rotatable bonds is 4. The average Bonchev–Trinajstić information content (AvgIpc) is 3.04. The molecule has 130 valence electrons. The lowest BCUT2D eigenvalue weighted by atomic mass is 10.0. The molecule has 26 heavy (non-hydrogen) atoms. The molecule has 0 aliphatic carbocycles. The molecular formula is C22H21N3O. The summed E-state index contributed by atoms with van der Waals surface area (Å²) in [4.78, 5) is 9.90. The van der Waals surface area contributed by atoms with Crippen LogP contribution in [0.5, 0.6) is 5.75 Å². The first-order valence-electron chi connectivity index (χ1n) is 8.62. The molecule has 2 aromatic heterocycles. The molecule has 2 N–H and O–H groups in total. The number of aromatic nitrogens is 2. The number of H-pyrrole nitrogens is 1. The number of fused-ring (bicyclic) bond motifs is 1. The Morgan fingerprint density at radius 3 is 2.54 bits per heavy atom. The minimum atomic E-state index is 0.262. The molecule has 4 rings (SSSR count). The van der Waals surface area contributed by atoms with Gasteiger partial charge in [0.1, 0.15) is 11.4 Å². The Bertz CT molecular complexity index is 1050. The Balaban J connectivity index is 1.68. The molecule has 4 nitrogen and oxygen atoms in total. The number of aromatic amines is 1. The number of hydrogen-bond donors (Lipinski definition) is 2. The molecule has 0 radical (unpaired) electrons. The van der Waals surface area contributed by atoms with Gasteiger partial charge in [-0.05, 0) is 53.4 Å². The predicted molar refractivity (Wildman–Crippen MR) is 107 cm³/mol. The van der Waals surface area contributed by atoms with E-state index < -0.39 is 0 Å². The van der Waals surface area contributed by atoms with Gasteiger partial charge in [-0.3, -0.25) is 0 Å². The Kier molecular flexibility index (Phi) is 4.09. The van der Waals surface area contributed by atoms with Crippen LogP contribution in [0.2, 0.25) is 0 Å². The third-order valence-corrected chi connectivity index (χ3v) is 4.64. The number of nitrogens with one attached hydrogen (secondary N) is 1. The lowest BCUT2D eigenvalue weighted by Gasteiger charge is -2.12. The zero-order valence-corrected chi connectivity index (χ0v) is 14.9. The minimum absolute atomic E-state index is 0.262. The summed E-state index contributed by atoms with van der Waals surface area (Å²) in [6.07, 6.45) is 4.71. The Labute approximate surface area is 152 Å². The molecule has 0 saturated heterocycles. The Morgan fingerprint density at radius 1 is 1.00 bits per heavy atom. The van der Waals surface area contributed by atoms with Crippen molar-refractivity contribution < 1.29 is 5.11 Å². The van der Waals surface area contributed by atoms with Gasteiger partial charge >= 0.3 is 0 Å². The van der Waals surface area contributed by atoms with E-state index in [9.17, 15) is 5.11 Å². The van der Waals surface area contributed by atoms with Gasteiger partial charge in [0, 0.05) is 43.1 Å². The molecule has 0 saturated carbocycles. The maximum Gasteiger partial charge on any atom is 0.137 e. The van der Waals surface area contributed by atoms with Crippen molar-refractivity contribution in [2.75, 3.05) is 19.0 Å². The van der Waals surface area contributed by atoms with E-state index in [0.717, 1.165) is 28.6 Å².